The molecule has 1 unspecified atom stereocenters. The molecule has 1 N–H and O–H groups in total. The van der Waals surface area contributed by atoms with Gasteiger partial charge in [0.05, 0.1) is 24.7 Å². The highest BCUT2D eigenvalue weighted by Crippen LogP contribution is 2.30. The summed E-state index contributed by atoms with van der Waals surface area (Å²) in [6.45, 7) is 4.23. The van der Waals surface area contributed by atoms with E-state index in [1.165, 1.54) is 24.3 Å². The Hall–Kier alpha value is -3.09. The Morgan fingerprint density at radius 1 is 1.24 bits per heavy atom. The van der Waals surface area contributed by atoms with Crippen LogP contribution in [0, 0.1) is 10.1 Å². The molecule has 132 valence electrons. The minimum absolute atomic E-state index is 0.122. The Bertz CT molecular complexity index is 776. The summed E-state index contributed by atoms with van der Waals surface area (Å²) in [7, 11) is 1.55. The predicted octanol–water partition coefficient (Wildman–Crippen LogP) is 3.49. The quantitative estimate of drug-likeness (QED) is 0.613. The molecule has 25 heavy (non-hydrogen) atoms. The van der Waals surface area contributed by atoms with Gasteiger partial charge in [-0.1, -0.05) is 12.1 Å². The SMILES string of the molecule is CCOc1ccc(C(C)NC(=O)c2cccc([N+](=O)[O-])c2)cc1OC. The number of carbonyl (C=O) groups is 1. The minimum atomic E-state index is -0.530. The topological polar surface area (TPSA) is 90.7 Å². The Kier molecular flexibility index (Phi) is 5.94. The van der Waals surface area contributed by atoms with Gasteiger partial charge in [-0.25, -0.2) is 0 Å². The Morgan fingerprint density at radius 3 is 2.64 bits per heavy atom. The second kappa shape index (κ2) is 8.14. The van der Waals surface area contributed by atoms with Crippen LogP contribution < -0.4 is 14.8 Å². The van der Waals surface area contributed by atoms with Crippen LogP contribution in [0.15, 0.2) is 42.5 Å². The molecule has 0 spiro atoms. The summed E-state index contributed by atoms with van der Waals surface area (Å²) in [5, 5.41) is 13.6. The summed E-state index contributed by atoms with van der Waals surface area (Å²) in [5.41, 5.74) is 0.945. The fourth-order valence-corrected chi connectivity index (χ4v) is 2.35. The number of hydrogen-bond acceptors (Lipinski definition) is 5. The molecule has 0 fully saturated rings. The van der Waals surface area contributed by atoms with Crippen molar-refractivity contribution in [2.75, 3.05) is 13.7 Å². The number of non-ortho nitro benzene ring substituents is 1. The van der Waals surface area contributed by atoms with Crippen LogP contribution in [0.5, 0.6) is 11.5 Å². The molecule has 2 aromatic rings. The van der Waals surface area contributed by atoms with Crippen molar-refractivity contribution in [3.8, 4) is 11.5 Å². The van der Waals surface area contributed by atoms with Gasteiger partial charge in [-0.05, 0) is 37.6 Å². The first kappa shape index (κ1) is 18.3. The summed E-state index contributed by atoms with van der Waals surface area (Å²) >= 11 is 0. The maximum Gasteiger partial charge on any atom is 0.270 e. The van der Waals surface area contributed by atoms with Gasteiger partial charge in [0.25, 0.3) is 11.6 Å². The van der Waals surface area contributed by atoms with Gasteiger partial charge in [0.2, 0.25) is 0 Å². The van der Waals surface area contributed by atoms with Crippen LogP contribution in [0.4, 0.5) is 5.69 Å². The van der Waals surface area contributed by atoms with Gasteiger partial charge < -0.3 is 14.8 Å². The highest BCUT2D eigenvalue weighted by atomic mass is 16.6. The van der Waals surface area contributed by atoms with E-state index >= 15 is 0 Å². The lowest BCUT2D eigenvalue weighted by Crippen LogP contribution is -2.26. The molecule has 2 rings (SSSR count). The first-order valence-corrected chi connectivity index (χ1v) is 7.82. The number of nitro benzene ring substituents is 1. The largest absolute Gasteiger partial charge is 0.493 e. The van der Waals surface area contributed by atoms with Gasteiger partial charge in [-0.15, -0.1) is 0 Å². The number of benzene rings is 2. The molecule has 1 amide bonds. The number of hydrogen-bond donors (Lipinski definition) is 1. The van der Waals surface area contributed by atoms with E-state index in [9.17, 15) is 14.9 Å². The number of nitro groups is 1. The van der Waals surface area contributed by atoms with Crippen molar-refractivity contribution in [3.63, 3.8) is 0 Å². The normalized spacial score (nSPS) is 11.5. The van der Waals surface area contributed by atoms with Gasteiger partial charge >= 0.3 is 0 Å². The zero-order valence-electron chi connectivity index (χ0n) is 14.3. The first-order valence-electron chi connectivity index (χ1n) is 7.82. The van der Waals surface area contributed by atoms with Crippen molar-refractivity contribution < 1.29 is 19.2 Å². The number of ether oxygens (including phenoxy) is 2. The predicted molar refractivity (Wildman–Crippen MR) is 93.1 cm³/mol. The van der Waals surface area contributed by atoms with Crippen LogP contribution in [0.2, 0.25) is 0 Å². The van der Waals surface area contributed by atoms with Gasteiger partial charge in [0.15, 0.2) is 11.5 Å². The van der Waals surface area contributed by atoms with Crippen molar-refractivity contribution in [2.45, 2.75) is 19.9 Å². The molecule has 0 saturated heterocycles. The molecule has 0 bridgehead atoms. The minimum Gasteiger partial charge on any atom is -0.493 e. The van der Waals surface area contributed by atoms with Crippen LogP contribution in [0.1, 0.15) is 35.8 Å². The second-order valence-corrected chi connectivity index (χ2v) is 5.35. The van der Waals surface area contributed by atoms with E-state index < -0.39 is 4.92 Å². The molecule has 0 radical (unpaired) electrons. The van der Waals surface area contributed by atoms with E-state index in [-0.39, 0.29) is 23.2 Å². The summed E-state index contributed by atoms with van der Waals surface area (Å²) in [6, 6.07) is 10.7. The molecular weight excluding hydrogens is 324 g/mol. The lowest BCUT2D eigenvalue weighted by Gasteiger charge is -2.17. The highest BCUT2D eigenvalue weighted by Gasteiger charge is 2.16. The van der Waals surface area contributed by atoms with Gasteiger partial charge in [-0.3, -0.25) is 14.9 Å². The van der Waals surface area contributed by atoms with Gasteiger partial charge in [0.1, 0.15) is 0 Å². The van der Waals surface area contributed by atoms with E-state index in [0.717, 1.165) is 5.56 Å². The summed E-state index contributed by atoms with van der Waals surface area (Å²) in [4.78, 5) is 22.6. The van der Waals surface area contributed by atoms with Crippen LogP contribution in [-0.2, 0) is 0 Å². The molecule has 7 heteroatoms. The molecule has 7 nitrogen and oxygen atoms in total. The average molecular weight is 344 g/mol. The summed E-state index contributed by atoms with van der Waals surface area (Å²) in [6.07, 6.45) is 0. The fourth-order valence-electron chi connectivity index (χ4n) is 2.35. The van der Waals surface area contributed by atoms with Crippen molar-refractivity contribution in [1.82, 2.24) is 5.32 Å². The monoisotopic (exact) mass is 344 g/mol. The standard InChI is InChI=1S/C18H20N2O5/c1-4-25-16-9-8-13(11-17(16)24-3)12(2)19-18(21)14-6-5-7-15(10-14)20(22)23/h5-12H,4H2,1-3H3,(H,19,21). The Labute approximate surface area is 145 Å². The van der Waals surface area contributed by atoms with Crippen molar-refractivity contribution in [1.29, 1.82) is 0 Å². The molecule has 1 atom stereocenters. The van der Waals surface area contributed by atoms with Gasteiger partial charge in [0, 0.05) is 17.7 Å². The molecule has 0 saturated carbocycles. The number of rotatable bonds is 7. The molecule has 0 aliphatic carbocycles. The van der Waals surface area contributed by atoms with Crippen LogP contribution in [0.3, 0.4) is 0 Å². The van der Waals surface area contributed by atoms with E-state index in [2.05, 4.69) is 5.32 Å². The Balaban J connectivity index is 2.16. The molecule has 0 aromatic heterocycles. The number of nitrogens with one attached hydrogen (secondary N) is 1. The lowest BCUT2D eigenvalue weighted by atomic mass is 10.1. The van der Waals surface area contributed by atoms with Crippen LogP contribution >= 0.6 is 0 Å². The maximum absolute atomic E-state index is 12.3. The van der Waals surface area contributed by atoms with E-state index in [0.29, 0.717) is 18.1 Å². The summed E-state index contributed by atoms with van der Waals surface area (Å²) in [5.74, 6) is 0.825. The maximum atomic E-state index is 12.3. The Morgan fingerprint density at radius 2 is 2.00 bits per heavy atom. The van der Waals surface area contributed by atoms with Crippen LogP contribution in [0.25, 0.3) is 0 Å². The van der Waals surface area contributed by atoms with Crippen LogP contribution in [-0.4, -0.2) is 24.5 Å². The summed E-state index contributed by atoms with van der Waals surface area (Å²) < 4.78 is 10.8. The van der Waals surface area contributed by atoms with E-state index in [1.54, 1.807) is 19.2 Å². The lowest BCUT2D eigenvalue weighted by molar-refractivity contribution is -0.384. The number of nitrogens with zero attached hydrogens (tertiary/aromatic N) is 1. The first-order chi connectivity index (χ1) is 12.0. The van der Waals surface area contributed by atoms with E-state index in [1.807, 2.05) is 19.9 Å². The third-order valence-electron chi connectivity index (χ3n) is 3.65. The zero-order valence-corrected chi connectivity index (χ0v) is 14.3. The smallest absolute Gasteiger partial charge is 0.270 e. The third-order valence-corrected chi connectivity index (χ3v) is 3.65. The zero-order chi connectivity index (χ0) is 18.4. The fraction of sp³-hybridized carbons (Fsp3) is 0.278. The molecule has 0 heterocycles. The van der Waals surface area contributed by atoms with E-state index in [4.69, 9.17) is 9.47 Å². The number of amides is 1. The molecule has 2 aromatic carbocycles. The van der Waals surface area contributed by atoms with Crippen molar-refractivity contribution in [2.24, 2.45) is 0 Å². The molecule has 0 aliphatic heterocycles. The number of carbonyl (C=O) groups excluding carboxylic acids is 1. The average Bonchev–Trinajstić information content (AvgIpc) is 2.62. The number of methoxy groups -OCH3 is 1. The van der Waals surface area contributed by atoms with Crippen molar-refractivity contribution in [3.05, 3.63) is 63.7 Å². The third kappa shape index (κ3) is 4.47. The van der Waals surface area contributed by atoms with Crippen molar-refractivity contribution >= 4 is 11.6 Å². The second-order valence-electron chi connectivity index (χ2n) is 5.35. The van der Waals surface area contributed by atoms with Gasteiger partial charge in [-0.2, -0.15) is 0 Å². The molecule has 0 aliphatic rings. The highest BCUT2D eigenvalue weighted by molar-refractivity contribution is 5.95. The molecular formula is C18H20N2O5.